The van der Waals surface area contributed by atoms with Gasteiger partial charge in [0.2, 0.25) is 5.91 Å². The highest BCUT2D eigenvalue weighted by Crippen LogP contribution is 2.42. The number of aromatic nitrogens is 2. The van der Waals surface area contributed by atoms with Gasteiger partial charge in [-0.3, -0.25) is 9.89 Å². The Hall–Kier alpha value is -1.11. The second-order valence-electron chi connectivity index (χ2n) is 8.60. The maximum Gasteiger partial charge on any atom is 0.227 e. The molecule has 1 aromatic heterocycles. The third-order valence-corrected chi connectivity index (χ3v) is 5.69. The number of H-pyrrole nitrogens is 1. The first-order valence-corrected chi connectivity index (χ1v) is 9.58. The fourth-order valence-corrected chi connectivity index (χ4v) is 4.05. The molecule has 3 N–H and O–H groups in total. The maximum absolute atomic E-state index is 12.2. The van der Waals surface area contributed by atoms with Crippen LogP contribution in [0.3, 0.4) is 0 Å². The highest BCUT2D eigenvalue weighted by molar-refractivity contribution is 5.90. The number of nitrogens with zero attached hydrogens (tertiary/aromatic N) is 1. The van der Waals surface area contributed by atoms with Gasteiger partial charge in [0, 0.05) is 36.7 Å². The molecule has 3 rings (SSSR count). The van der Waals surface area contributed by atoms with Crippen molar-refractivity contribution >= 4 is 24.1 Å². The Bertz CT molecular complexity index is 570. The van der Waals surface area contributed by atoms with Crippen molar-refractivity contribution in [1.82, 2.24) is 15.5 Å². The van der Waals surface area contributed by atoms with E-state index in [0.717, 1.165) is 24.8 Å². The van der Waals surface area contributed by atoms with Crippen LogP contribution in [0.2, 0.25) is 0 Å². The first-order chi connectivity index (χ1) is 11.9. The Labute approximate surface area is 162 Å². The van der Waals surface area contributed by atoms with Gasteiger partial charge in [0.25, 0.3) is 0 Å². The van der Waals surface area contributed by atoms with Crippen LogP contribution in [0, 0.1) is 11.3 Å². The predicted molar refractivity (Wildman–Crippen MR) is 106 cm³/mol. The van der Waals surface area contributed by atoms with Gasteiger partial charge < -0.3 is 15.4 Å². The zero-order valence-corrected chi connectivity index (χ0v) is 17.0. The summed E-state index contributed by atoms with van der Waals surface area (Å²) in [5.74, 6) is 1.95. The molecule has 26 heavy (non-hydrogen) atoms. The molecule has 2 heterocycles. The van der Waals surface area contributed by atoms with Crippen LogP contribution < -0.4 is 10.6 Å². The van der Waals surface area contributed by atoms with E-state index < -0.39 is 0 Å². The molecule has 6 nitrogen and oxygen atoms in total. The van der Waals surface area contributed by atoms with Crippen molar-refractivity contribution < 1.29 is 9.53 Å². The number of carbonyl (C=O) groups is 1. The van der Waals surface area contributed by atoms with Crippen LogP contribution in [0.25, 0.3) is 0 Å². The Morgan fingerprint density at radius 1 is 1.31 bits per heavy atom. The fourth-order valence-electron chi connectivity index (χ4n) is 4.05. The molecule has 1 aliphatic heterocycles. The van der Waals surface area contributed by atoms with Crippen molar-refractivity contribution in [3.05, 3.63) is 11.8 Å². The number of nitrogens with one attached hydrogen (secondary N) is 3. The molecule has 1 saturated heterocycles. The summed E-state index contributed by atoms with van der Waals surface area (Å²) in [6, 6.07) is 2.10. The first kappa shape index (κ1) is 21.2. The van der Waals surface area contributed by atoms with Gasteiger partial charge in [0.1, 0.15) is 0 Å². The fraction of sp³-hybridized carbons (Fsp3) is 0.789. The summed E-state index contributed by atoms with van der Waals surface area (Å²) in [6.07, 6.45) is 5.34. The number of ether oxygens (including phenoxy) is 1. The van der Waals surface area contributed by atoms with E-state index in [1.165, 1.54) is 25.7 Å². The van der Waals surface area contributed by atoms with E-state index in [4.69, 9.17) is 4.74 Å². The number of amides is 1. The minimum absolute atomic E-state index is 0. The average molecular weight is 385 g/mol. The monoisotopic (exact) mass is 384 g/mol. The van der Waals surface area contributed by atoms with Crippen molar-refractivity contribution in [2.75, 3.05) is 25.1 Å². The molecular formula is C19H33ClN4O2. The third kappa shape index (κ3) is 5.69. The molecule has 7 heteroatoms. The smallest absolute Gasteiger partial charge is 0.227 e. The number of carbonyl (C=O) groups excluding carboxylic acids is 1. The lowest BCUT2D eigenvalue weighted by Crippen LogP contribution is -2.43. The normalized spacial score (nSPS) is 26.8. The van der Waals surface area contributed by atoms with Crippen molar-refractivity contribution in [2.24, 2.45) is 11.3 Å². The molecule has 2 aliphatic rings. The van der Waals surface area contributed by atoms with E-state index in [0.29, 0.717) is 30.2 Å². The second-order valence-corrected chi connectivity index (χ2v) is 8.60. The maximum atomic E-state index is 12.2. The Morgan fingerprint density at radius 3 is 2.65 bits per heavy atom. The zero-order valence-electron chi connectivity index (χ0n) is 16.1. The molecule has 2 fully saturated rings. The van der Waals surface area contributed by atoms with Crippen LogP contribution in [-0.2, 0) is 9.53 Å². The lowest BCUT2D eigenvalue weighted by Gasteiger charge is -2.36. The largest absolute Gasteiger partial charge is 0.378 e. The SMILES string of the molecule is CC(C)(C)C1CCC(c2cc(NC(=O)CC3COCCN3)n[nH]2)CC1.Cl. The van der Waals surface area contributed by atoms with Crippen LogP contribution >= 0.6 is 12.4 Å². The van der Waals surface area contributed by atoms with Crippen molar-refractivity contribution in [3.63, 3.8) is 0 Å². The van der Waals surface area contributed by atoms with Crippen LogP contribution in [0.1, 0.15) is 64.5 Å². The van der Waals surface area contributed by atoms with Gasteiger partial charge in [-0.2, -0.15) is 5.10 Å². The molecule has 1 amide bonds. The summed E-state index contributed by atoms with van der Waals surface area (Å²) in [7, 11) is 0. The molecule has 1 atom stereocenters. The van der Waals surface area contributed by atoms with Crippen molar-refractivity contribution in [1.29, 1.82) is 0 Å². The van der Waals surface area contributed by atoms with E-state index >= 15 is 0 Å². The van der Waals surface area contributed by atoms with Gasteiger partial charge in [0.05, 0.1) is 13.2 Å². The Kier molecular flexibility index (Phi) is 7.50. The van der Waals surface area contributed by atoms with Crippen molar-refractivity contribution in [2.45, 2.75) is 64.8 Å². The van der Waals surface area contributed by atoms with Gasteiger partial charge in [-0.15, -0.1) is 12.4 Å². The summed E-state index contributed by atoms with van der Waals surface area (Å²) in [5, 5.41) is 13.6. The van der Waals surface area contributed by atoms with E-state index in [2.05, 4.69) is 41.6 Å². The number of morpholine rings is 1. The Morgan fingerprint density at radius 2 is 2.04 bits per heavy atom. The molecule has 1 unspecified atom stereocenters. The predicted octanol–water partition coefficient (Wildman–Crippen LogP) is 3.47. The van der Waals surface area contributed by atoms with Gasteiger partial charge >= 0.3 is 0 Å². The van der Waals surface area contributed by atoms with E-state index in [1.54, 1.807) is 0 Å². The van der Waals surface area contributed by atoms with Gasteiger partial charge in [-0.25, -0.2) is 0 Å². The van der Waals surface area contributed by atoms with Crippen LogP contribution in [0.15, 0.2) is 6.07 Å². The van der Waals surface area contributed by atoms with Crippen LogP contribution in [0.4, 0.5) is 5.82 Å². The average Bonchev–Trinajstić information content (AvgIpc) is 3.03. The number of rotatable bonds is 4. The number of anilines is 1. The molecule has 148 valence electrons. The quantitative estimate of drug-likeness (QED) is 0.742. The molecule has 0 spiro atoms. The van der Waals surface area contributed by atoms with E-state index in [-0.39, 0.29) is 24.4 Å². The lowest BCUT2D eigenvalue weighted by molar-refractivity contribution is -0.117. The highest BCUT2D eigenvalue weighted by atomic mass is 35.5. The molecule has 0 bridgehead atoms. The minimum Gasteiger partial charge on any atom is -0.378 e. The van der Waals surface area contributed by atoms with Gasteiger partial charge in [0.15, 0.2) is 5.82 Å². The topological polar surface area (TPSA) is 79.0 Å². The molecule has 1 aliphatic carbocycles. The number of halogens is 1. The Balaban J connectivity index is 0.00000243. The zero-order chi connectivity index (χ0) is 17.9. The summed E-state index contributed by atoms with van der Waals surface area (Å²) >= 11 is 0. The summed E-state index contributed by atoms with van der Waals surface area (Å²) in [5.41, 5.74) is 1.55. The summed E-state index contributed by atoms with van der Waals surface area (Å²) in [4.78, 5) is 12.2. The molecule has 1 saturated carbocycles. The summed E-state index contributed by atoms with van der Waals surface area (Å²) in [6.45, 7) is 9.15. The molecule has 0 radical (unpaired) electrons. The van der Waals surface area contributed by atoms with E-state index in [9.17, 15) is 4.79 Å². The first-order valence-electron chi connectivity index (χ1n) is 9.58. The highest BCUT2D eigenvalue weighted by Gasteiger charge is 2.31. The van der Waals surface area contributed by atoms with Crippen molar-refractivity contribution in [3.8, 4) is 0 Å². The van der Waals surface area contributed by atoms with Crippen LogP contribution in [0.5, 0.6) is 0 Å². The number of aromatic amines is 1. The minimum atomic E-state index is -0.0162. The van der Waals surface area contributed by atoms with E-state index in [1.807, 2.05) is 6.07 Å². The molecule has 1 aromatic rings. The third-order valence-electron chi connectivity index (χ3n) is 5.69. The standard InChI is InChI=1S/C19H32N4O2.ClH/c1-19(2,3)14-6-4-13(5-7-14)16-11-17(23-22-16)21-18(24)10-15-12-25-9-8-20-15;/h11,13-15,20H,4-10,12H2,1-3H3,(H2,21,22,23,24);1H. The molecule has 0 aromatic carbocycles. The van der Waals surface area contributed by atoms with Gasteiger partial charge in [-0.1, -0.05) is 20.8 Å². The summed E-state index contributed by atoms with van der Waals surface area (Å²) < 4.78 is 5.38. The van der Waals surface area contributed by atoms with Crippen LogP contribution in [-0.4, -0.2) is 41.9 Å². The van der Waals surface area contributed by atoms with Gasteiger partial charge in [-0.05, 0) is 37.0 Å². The second kappa shape index (κ2) is 9.20. The molecular weight excluding hydrogens is 352 g/mol. The number of hydrogen-bond donors (Lipinski definition) is 3. The lowest BCUT2D eigenvalue weighted by atomic mass is 9.69. The number of hydrogen-bond acceptors (Lipinski definition) is 4.